The number of nitrogens with one attached hydrogen (secondary N) is 1. The summed E-state index contributed by atoms with van der Waals surface area (Å²) >= 11 is 0. The van der Waals surface area contributed by atoms with Crippen LogP contribution in [-0.2, 0) is 9.53 Å². The van der Waals surface area contributed by atoms with E-state index in [1.54, 1.807) is 39.0 Å². The van der Waals surface area contributed by atoms with E-state index in [2.05, 4.69) is 10.2 Å². The van der Waals surface area contributed by atoms with Gasteiger partial charge < -0.3 is 15.2 Å². The summed E-state index contributed by atoms with van der Waals surface area (Å²) in [5, 5.41) is 6.65. The summed E-state index contributed by atoms with van der Waals surface area (Å²) in [7, 11) is 0. The Balaban J connectivity index is 1.82. The third-order valence-corrected chi connectivity index (χ3v) is 4.03. The fourth-order valence-electron chi connectivity index (χ4n) is 2.80. The quantitative estimate of drug-likeness (QED) is 0.473. The number of hydrogen-bond acceptors (Lipinski definition) is 6. The summed E-state index contributed by atoms with van der Waals surface area (Å²) in [6, 6.07) is 12.0. The molecule has 1 heterocycles. The van der Waals surface area contributed by atoms with Crippen molar-refractivity contribution in [2.45, 2.75) is 26.4 Å². The normalized spacial score (nSPS) is 11.2. The number of nitrogen functional groups attached to an aromatic ring is 1. The zero-order chi connectivity index (χ0) is 21.9. The second-order valence-electron chi connectivity index (χ2n) is 7.60. The Bertz CT molecular complexity index is 1070. The summed E-state index contributed by atoms with van der Waals surface area (Å²) in [6.07, 6.45) is 0. The molecule has 2 aromatic carbocycles. The number of ether oxygens (including phenoxy) is 2. The van der Waals surface area contributed by atoms with Gasteiger partial charge in [0.2, 0.25) is 0 Å². The number of carbonyl (C=O) groups excluding carboxylic acids is 2. The van der Waals surface area contributed by atoms with Gasteiger partial charge in [-0.25, -0.2) is 9.18 Å². The molecular formula is C22H22FN3O4. The Morgan fingerprint density at radius 1 is 1.13 bits per heavy atom. The highest BCUT2D eigenvalue weighted by molar-refractivity contribution is 6.15. The number of ketones is 1. The molecule has 1 aromatic heterocycles. The second kappa shape index (κ2) is 8.36. The number of anilines is 1. The summed E-state index contributed by atoms with van der Waals surface area (Å²) in [5.74, 6) is -0.939. The SMILES string of the molecule is CC(C)(C)OC(=O)COc1cccc(C(=O)c2c(N)n[nH]c2-c2ccc(F)cc2)c1. The molecule has 0 bridgehead atoms. The van der Waals surface area contributed by atoms with Crippen LogP contribution in [0.1, 0.15) is 36.7 Å². The number of H-pyrrole nitrogens is 1. The van der Waals surface area contributed by atoms with E-state index < -0.39 is 17.4 Å². The molecule has 7 nitrogen and oxygen atoms in total. The van der Waals surface area contributed by atoms with Gasteiger partial charge in [0.25, 0.3) is 0 Å². The van der Waals surface area contributed by atoms with Crippen LogP contribution >= 0.6 is 0 Å². The minimum Gasteiger partial charge on any atom is -0.482 e. The fraction of sp³-hybridized carbons (Fsp3) is 0.227. The van der Waals surface area contributed by atoms with E-state index in [9.17, 15) is 14.0 Å². The first-order valence-corrected chi connectivity index (χ1v) is 9.23. The van der Waals surface area contributed by atoms with E-state index >= 15 is 0 Å². The molecule has 0 saturated carbocycles. The average molecular weight is 411 g/mol. The average Bonchev–Trinajstić information content (AvgIpc) is 3.07. The third kappa shape index (κ3) is 5.02. The number of nitrogens with two attached hydrogens (primary N) is 1. The Morgan fingerprint density at radius 2 is 1.83 bits per heavy atom. The van der Waals surface area contributed by atoms with Gasteiger partial charge in [-0.15, -0.1) is 0 Å². The van der Waals surface area contributed by atoms with Crippen molar-refractivity contribution in [2.24, 2.45) is 0 Å². The number of esters is 1. The van der Waals surface area contributed by atoms with Gasteiger partial charge in [0, 0.05) is 11.1 Å². The van der Waals surface area contributed by atoms with Crippen molar-refractivity contribution >= 4 is 17.6 Å². The van der Waals surface area contributed by atoms with Crippen molar-refractivity contribution in [1.29, 1.82) is 0 Å². The lowest BCUT2D eigenvalue weighted by molar-refractivity contribution is -0.157. The predicted octanol–water partition coefficient (Wildman–Crippen LogP) is 3.75. The molecule has 30 heavy (non-hydrogen) atoms. The van der Waals surface area contributed by atoms with Gasteiger partial charge in [0.15, 0.2) is 18.2 Å². The minimum atomic E-state index is -0.617. The monoisotopic (exact) mass is 411 g/mol. The third-order valence-electron chi connectivity index (χ3n) is 4.03. The van der Waals surface area contributed by atoms with Crippen molar-refractivity contribution in [3.05, 3.63) is 65.5 Å². The van der Waals surface area contributed by atoms with Crippen LogP contribution in [-0.4, -0.2) is 34.2 Å². The van der Waals surface area contributed by atoms with Gasteiger partial charge >= 0.3 is 5.97 Å². The molecule has 0 aliphatic heterocycles. The van der Waals surface area contributed by atoms with Gasteiger partial charge in [-0.05, 0) is 57.2 Å². The molecule has 0 spiro atoms. The van der Waals surface area contributed by atoms with Gasteiger partial charge in [0.1, 0.15) is 17.2 Å². The summed E-state index contributed by atoms with van der Waals surface area (Å²) in [5.41, 5.74) is 6.72. The minimum absolute atomic E-state index is 0.0272. The first kappa shape index (κ1) is 21.0. The molecule has 8 heteroatoms. The maximum atomic E-state index is 13.2. The largest absolute Gasteiger partial charge is 0.482 e. The molecule has 0 radical (unpaired) electrons. The van der Waals surface area contributed by atoms with Crippen LogP contribution in [0.3, 0.4) is 0 Å². The Kier molecular flexibility index (Phi) is 5.86. The van der Waals surface area contributed by atoms with Crippen molar-refractivity contribution in [1.82, 2.24) is 10.2 Å². The van der Waals surface area contributed by atoms with Crippen LogP contribution in [0.4, 0.5) is 10.2 Å². The van der Waals surface area contributed by atoms with Crippen LogP contribution < -0.4 is 10.5 Å². The highest BCUT2D eigenvalue weighted by atomic mass is 19.1. The number of nitrogens with zero attached hydrogens (tertiary/aromatic N) is 1. The fourth-order valence-corrected chi connectivity index (χ4v) is 2.80. The smallest absolute Gasteiger partial charge is 0.344 e. The summed E-state index contributed by atoms with van der Waals surface area (Å²) < 4.78 is 23.9. The van der Waals surface area contributed by atoms with Crippen LogP contribution in [0.2, 0.25) is 0 Å². The number of rotatable bonds is 6. The Hall–Kier alpha value is -3.68. The van der Waals surface area contributed by atoms with Gasteiger partial charge in [-0.3, -0.25) is 9.89 Å². The Labute approximate surface area is 173 Å². The predicted molar refractivity (Wildman–Crippen MR) is 110 cm³/mol. The first-order chi connectivity index (χ1) is 14.1. The number of carbonyl (C=O) groups is 2. The second-order valence-corrected chi connectivity index (χ2v) is 7.60. The van der Waals surface area contributed by atoms with Crippen LogP contribution in [0.5, 0.6) is 5.75 Å². The number of halogens is 1. The van der Waals surface area contributed by atoms with Gasteiger partial charge in [-0.2, -0.15) is 5.10 Å². The molecule has 0 amide bonds. The van der Waals surface area contributed by atoms with Crippen molar-refractivity contribution in [3.8, 4) is 17.0 Å². The van der Waals surface area contributed by atoms with Crippen LogP contribution in [0.15, 0.2) is 48.5 Å². The molecule has 0 saturated heterocycles. The molecule has 3 aromatic rings. The molecule has 3 N–H and O–H groups in total. The van der Waals surface area contributed by atoms with E-state index in [-0.39, 0.29) is 23.8 Å². The lowest BCUT2D eigenvalue weighted by Crippen LogP contribution is -2.27. The molecular weight excluding hydrogens is 389 g/mol. The number of hydrogen-bond donors (Lipinski definition) is 2. The van der Waals surface area contributed by atoms with E-state index in [0.717, 1.165) is 0 Å². The van der Waals surface area contributed by atoms with E-state index in [1.807, 2.05) is 0 Å². The van der Waals surface area contributed by atoms with Gasteiger partial charge in [-0.1, -0.05) is 12.1 Å². The first-order valence-electron chi connectivity index (χ1n) is 9.23. The highest BCUT2D eigenvalue weighted by Crippen LogP contribution is 2.28. The molecule has 3 rings (SSSR count). The molecule has 0 atom stereocenters. The Morgan fingerprint density at radius 3 is 2.50 bits per heavy atom. The van der Waals surface area contributed by atoms with Gasteiger partial charge in [0.05, 0.1) is 11.3 Å². The zero-order valence-electron chi connectivity index (χ0n) is 16.9. The van der Waals surface area contributed by atoms with Crippen LogP contribution in [0.25, 0.3) is 11.3 Å². The zero-order valence-corrected chi connectivity index (χ0v) is 16.9. The topological polar surface area (TPSA) is 107 Å². The van der Waals surface area contributed by atoms with E-state index in [1.165, 1.54) is 30.3 Å². The molecule has 0 aliphatic rings. The van der Waals surface area contributed by atoms with Crippen molar-refractivity contribution < 1.29 is 23.5 Å². The maximum Gasteiger partial charge on any atom is 0.344 e. The number of aromatic amines is 1. The van der Waals surface area contributed by atoms with Crippen molar-refractivity contribution in [3.63, 3.8) is 0 Å². The van der Waals surface area contributed by atoms with Crippen molar-refractivity contribution in [2.75, 3.05) is 12.3 Å². The molecule has 0 fully saturated rings. The molecule has 156 valence electrons. The van der Waals surface area contributed by atoms with E-state index in [0.29, 0.717) is 22.6 Å². The summed E-state index contributed by atoms with van der Waals surface area (Å²) in [4.78, 5) is 24.9. The molecule has 0 unspecified atom stereocenters. The standard InChI is InChI=1S/C22H22FN3O4/c1-22(2,3)30-17(27)12-29-16-6-4-5-14(11-16)20(28)18-19(25-26-21(18)24)13-7-9-15(23)10-8-13/h4-11H,12H2,1-3H3,(H3,24,25,26). The van der Waals surface area contributed by atoms with E-state index in [4.69, 9.17) is 15.2 Å². The molecule has 0 aliphatic carbocycles. The highest BCUT2D eigenvalue weighted by Gasteiger charge is 2.22. The summed E-state index contributed by atoms with van der Waals surface area (Å²) in [6.45, 7) is 5.00. The lowest BCUT2D eigenvalue weighted by atomic mass is 9.99. The lowest BCUT2D eigenvalue weighted by Gasteiger charge is -2.19. The number of aromatic nitrogens is 2. The van der Waals surface area contributed by atoms with Crippen LogP contribution in [0, 0.1) is 5.82 Å². The number of benzene rings is 2. The maximum absolute atomic E-state index is 13.2.